The molecule has 1 rings (SSSR count). The topological polar surface area (TPSA) is 21.3 Å². The SMILES string of the molecule is CC(C)CNCc1cc(OC/C(Cl)=C/Cl)ccc1Br. The van der Waals surface area contributed by atoms with Gasteiger partial charge in [-0.1, -0.05) is 53.0 Å². The highest BCUT2D eigenvalue weighted by molar-refractivity contribution is 9.10. The largest absolute Gasteiger partial charge is 0.488 e. The maximum Gasteiger partial charge on any atom is 0.125 e. The lowest BCUT2D eigenvalue weighted by Gasteiger charge is -2.11. The Kier molecular flexibility index (Phi) is 7.84. The third-order valence-electron chi connectivity index (χ3n) is 2.38. The van der Waals surface area contributed by atoms with Crippen molar-refractivity contribution >= 4 is 39.1 Å². The van der Waals surface area contributed by atoms with Crippen LogP contribution >= 0.6 is 39.1 Å². The number of ether oxygens (including phenoxy) is 1. The Morgan fingerprint density at radius 3 is 2.84 bits per heavy atom. The van der Waals surface area contributed by atoms with E-state index >= 15 is 0 Å². The van der Waals surface area contributed by atoms with Crippen LogP contribution in [0.5, 0.6) is 5.75 Å². The molecular formula is C14H18BrCl2NO. The van der Waals surface area contributed by atoms with Crippen molar-refractivity contribution in [3.8, 4) is 5.75 Å². The predicted molar refractivity (Wildman–Crippen MR) is 86.0 cm³/mol. The highest BCUT2D eigenvalue weighted by atomic mass is 79.9. The summed E-state index contributed by atoms with van der Waals surface area (Å²) in [6.45, 7) is 6.43. The van der Waals surface area contributed by atoms with Crippen LogP contribution in [0.25, 0.3) is 0 Å². The average Bonchev–Trinajstić information content (AvgIpc) is 2.38. The quantitative estimate of drug-likeness (QED) is 0.741. The molecule has 0 saturated carbocycles. The van der Waals surface area contributed by atoms with Gasteiger partial charge in [0.25, 0.3) is 0 Å². The third kappa shape index (κ3) is 6.66. The molecule has 0 atom stereocenters. The van der Waals surface area contributed by atoms with Crippen molar-refractivity contribution in [3.63, 3.8) is 0 Å². The van der Waals surface area contributed by atoms with Crippen molar-refractivity contribution in [3.05, 3.63) is 38.8 Å². The van der Waals surface area contributed by atoms with Gasteiger partial charge in [-0.25, -0.2) is 0 Å². The Balaban J connectivity index is 2.60. The second-order valence-corrected chi connectivity index (χ2v) is 6.18. The van der Waals surface area contributed by atoms with Gasteiger partial charge in [-0.05, 0) is 36.2 Å². The van der Waals surface area contributed by atoms with E-state index in [1.165, 1.54) is 5.54 Å². The van der Waals surface area contributed by atoms with Crippen molar-refractivity contribution in [2.24, 2.45) is 5.92 Å². The summed E-state index contributed by atoms with van der Waals surface area (Å²) in [5, 5.41) is 3.88. The maximum atomic E-state index is 5.79. The van der Waals surface area contributed by atoms with Gasteiger partial charge < -0.3 is 10.1 Å². The Morgan fingerprint density at radius 1 is 1.47 bits per heavy atom. The second-order valence-electron chi connectivity index (χ2n) is 4.62. The molecule has 106 valence electrons. The smallest absolute Gasteiger partial charge is 0.125 e. The lowest BCUT2D eigenvalue weighted by atomic mass is 10.2. The van der Waals surface area contributed by atoms with Crippen LogP contribution in [0.1, 0.15) is 19.4 Å². The van der Waals surface area contributed by atoms with Crippen molar-refractivity contribution < 1.29 is 4.74 Å². The van der Waals surface area contributed by atoms with Gasteiger partial charge >= 0.3 is 0 Å². The molecule has 1 aromatic carbocycles. The Hall–Kier alpha value is -0.220. The zero-order valence-corrected chi connectivity index (χ0v) is 14.1. The van der Waals surface area contributed by atoms with E-state index in [2.05, 4.69) is 35.1 Å². The van der Waals surface area contributed by atoms with E-state index in [0.29, 0.717) is 11.0 Å². The molecule has 0 saturated heterocycles. The minimum Gasteiger partial charge on any atom is -0.488 e. The van der Waals surface area contributed by atoms with Gasteiger partial charge in [0, 0.05) is 16.6 Å². The van der Waals surface area contributed by atoms with E-state index in [1.807, 2.05) is 18.2 Å². The zero-order chi connectivity index (χ0) is 14.3. The van der Waals surface area contributed by atoms with Crippen molar-refractivity contribution in [1.29, 1.82) is 0 Å². The van der Waals surface area contributed by atoms with E-state index in [1.54, 1.807) is 0 Å². The van der Waals surface area contributed by atoms with Crippen LogP contribution in [-0.4, -0.2) is 13.2 Å². The second kappa shape index (κ2) is 8.85. The monoisotopic (exact) mass is 365 g/mol. The zero-order valence-electron chi connectivity index (χ0n) is 11.1. The van der Waals surface area contributed by atoms with Crippen LogP contribution in [-0.2, 0) is 6.54 Å². The van der Waals surface area contributed by atoms with E-state index < -0.39 is 0 Å². The standard InChI is InChI=1S/C14H18BrCl2NO/c1-10(2)7-18-8-11-5-13(3-4-14(11)15)19-9-12(17)6-16/h3-6,10,18H,7-9H2,1-2H3/b12-6-. The molecule has 0 aliphatic carbocycles. The van der Waals surface area contributed by atoms with Crippen LogP contribution in [0.3, 0.4) is 0 Å². The van der Waals surface area contributed by atoms with Crippen LogP contribution < -0.4 is 10.1 Å². The minimum absolute atomic E-state index is 0.283. The van der Waals surface area contributed by atoms with Gasteiger partial charge in [0.1, 0.15) is 12.4 Å². The Bertz CT molecular complexity index is 435. The summed E-state index contributed by atoms with van der Waals surface area (Å²) in [6, 6.07) is 5.87. The summed E-state index contributed by atoms with van der Waals surface area (Å²) in [5.74, 6) is 1.41. The first-order valence-electron chi connectivity index (χ1n) is 6.09. The van der Waals surface area contributed by atoms with Gasteiger partial charge in [-0.2, -0.15) is 0 Å². The summed E-state index contributed by atoms with van der Waals surface area (Å²) in [5.41, 5.74) is 2.47. The average molecular weight is 367 g/mol. The molecule has 2 nitrogen and oxygen atoms in total. The number of rotatable bonds is 7. The van der Waals surface area contributed by atoms with Gasteiger partial charge in [0.05, 0.1) is 5.03 Å². The first kappa shape index (κ1) is 16.8. The molecule has 0 aromatic heterocycles. The molecule has 0 aliphatic rings. The Morgan fingerprint density at radius 2 is 2.21 bits per heavy atom. The molecule has 0 unspecified atom stereocenters. The van der Waals surface area contributed by atoms with Gasteiger partial charge in [0.2, 0.25) is 0 Å². The lowest BCUT2D eigenvalue weighted by Crippen LogP contribution is -2.19. The lowest BCUT2D eigenvalue weighted by molar-refractivity contribution is 0.358. The molecule has 1 N–H and O–H groups in total. The number of hydrogen-bond donors (Lipinski definition) is 1. The number of halogens is 3. The highest BCUT2D eigenvalue weighted by Gasteiger charge is 2.04. The molecule has 0 bridgehead atoms. The van der Waals surface area contributed by atoms with E-state index in [9.17, 15) is 0 Å². The fourth-order valence-electron chi connectivity index (χ4n) is 1.46. The molecule has 1 aromatic rings. The summed E-state index contributed by atoms with van der Waals surface area (Å²) >= 11 is 14.8. The normalized spacial score (nSPS) is 12.0. The minimum atomic E-state index is 0.283. The number of nitrogens with one attached hydrogen (secondary N) is 1. The molecule has 0 spiro atoms. The molecule has 0 heterocycles. The molecule has 0 aliphatic heterocycles. The first-order valence-corrected chi connectivity index (χ1v) is 7.70. The van der Waals surface area contributed by atoms with Gasteiger partial charge in [0.15, 0.2) is 0 Å². The van der Waals surface area contributed by atoms with Crippen molar-refractivity contribution in [1.82, 2.24) is 5.32 Å². The van der Waals surface area contributed by atoms with Gasteiger partial charge in [-0.15, -0.1) is 0 Å². The van der Waals surface area contributed by atoms with Crippen LogP contribution in [0.4, 0.5) is 0 Å². The van der Waals surface area contributed by atoms with Crippen molar-refractivity contribution in [2.75, 3.05) is 13.2 Å². The number of benzene rings is 1. The van der Waals surface area contributed by atoms with Gasteiger partial charge in [-0.3, -0.25) is 0 Å². The molecular weight excluding hydrogens is 349 g/mol. The molecule has 19 heavy (non-hydrogen) atoms. The summed E-state index contributed by atoms with van der Waals surface area (Å²) in [4.78, 5) is 0. The molecule has 5 heteroatoms. The molecule has 0 radical (unpaired) electrons. The maximum absolute atomic E-state index is 5.79. The molecule has 0 fully saturated rings. The highest BCUT2D eigenvalue weighted by Crippen LogP contribution is 2.23. The van der Waals surface area contributed by atoms with E-state index in [0.717, 1.165) is 28.9 Å². The predicted octanol–water partition coefficient (Wildman–Crippen LogP) is 4.89. The van der Waals surface area contributed by atoms with Crippen molar-refractivity contribution in [2.45, 2.75) is 20.4 Å². The summed E-state index contributed by atoms with van der Waals surface area (Å²) in [6.07, 6.45) is 0. The number of hydrogen-bond acceptors (Lipinski definition) is 2. The fraction of sp³-hybridized carbons (Fsp3) is 0.429. The van der Waals surface area contributed by atoms with Crippen LogP contribution in [0.2, 0.25) is 0 Å². The molecule has 0 amide bonds. The Labute approximate surface area is 133 Å². The third-order valence-corrected chi connectivity index (χ3v) is 3.75. The van der Waals surface area contributed by atoms with E-state index in [4.69, 9.17) is 27.9 Å². The van der Waals surface area contributed by atoms with Crippen LogP contribution in [0, 0.1) is 5.92 Å². The summed E-state index contributed by atoms with van der Waals surface area (Å²) in [7, 11) is 0. The fourth-order valence-corrected chi connectivity index (χ4v) is 1.96. The first-order chi connectivity index (χ1) is 9.02. The summed E-state index contributed by atoms with van der Waals surface area (Å²) < 4.78 is 6.61. The van der Waals surface area contributed by atoms with Crippen LogP contribution in [0.15, 0.2) is 33.2 Å². The van der Waals surface area contributed by atoms with E-state index in [-0.39, 0.29) is 6.61 Å².